The number of halogens is 1. The van der Waals surface area contributed by atoms with Gasteiger partial charge in [-0.2, -0.15) is 0 Å². The molecule has 0 spiro atoms. The minimum Gasteiger partial charge on any atom is -0.477 e. The molecule has 7 heteroatoms. The summed E-state index contributed by atoms with van der Waals surface area (Å²) >= 11 is 5.90. The zero-order chi connectivity index (χ0) is 17.7. The third-order valence-corrected chi connectivity index (χ3v) is 3.76. The lowest BCUT2D eigenvalue weighted by Crippen LogP contribution is -2.06. The topological polar surface area (TPSA) is 95.2 Å². The summed E-state index contributed by atoms with van der Waals surface area (Å²) in [6.07, 6.45) is 0. The summed E-state index contributed by atoms with van der Waals surface area (Å²) in [6, 6.07) is 1.81. The van der Waals surface area contributed by atoms with E-state index in [1.54, 1.807) is 20.8 Å². The van der Waals surface area contributed by atoms with Crippen LogP contribution in [0.15, 0.2) is 6.07 Å². The van der Waals surface area contributed by atoms with Crippen LogP contribution < -0.4 is 0 Å². The van der Waals surface area contributed by atoms with Crippen molar-refractivity contribution in [3.8, 4) is 0 Å². The molecule has 2 heterocycles. The maximum atomic E-state index is 11.3. The number of aryl methyl sites for hydroxylation is 3. The van der Waals surface area contributed by atoms with Gasteiger partial charge in [-0.1, -0.05) is 11.6 Å². The van der Waals surface area contributed by atoms with E-state index < -0.39 is 5.97 Å². The Kier molecular flexibility index (Phi) is 6.45. The SMILES string of the molecule is CCOC(=O)c1[nH]c(C)c(Cl)c1C.Cc1cc(C)c(C(=O)O)[nH]1. The van der Waals surface area contributed by atoms with Gasteiger partial charge in [-0.15, -0.1) is 0 Å². The summed E-state index contributed by atoms with van der Waals surface area (Å²) in [5.41, 5.74) is 3.95. The largest absolute Gasteiger partial charge is 0.477 e. The van der Waals surface area contributed by atoms with E-state index >= 15 is 0 Å². The van der Waals surface area contributed by atoms with Gasteiger partial charge in [0.2, 0.25) is 0 Å². The lowest BCUT2D eigenvalue weighted by atomic mass is 10.2. The number of carboxylic acid groups (broad SMARTS) is 1. The Labute approximate surface area is 139 Å². The molecule has 0 aliphatic rings. The van der Waals surface area contributed by atoms with Crippen molar-refractivity contribution in [2.24, 2.45) is 0 Å². The van der Waals surface area contributed by atoms with Gasteiger partial charge in [0.15, 0.2) is 0 Å². The lowest BCUT2D eigenvalue weighted by molar-refractivity contribution is 0.0518. The van der Waals surface area contributed by atoms with Crippen molar-refractivity contribution in [3.63, 3.8) is 0 Å². The molecule has 2 aromatic rings. The molecule has 0 radical (unpaired) electrons. The van der Waals surface area contributed by atoms with Crippen LogP contribution in [0.4, 0.5) is 0 Å². The summed E-state index contributed by atoms with van der Waals surface area (Å²) in [6.45, 7) is 9.35. The van der Waals surface area contributed by atoms with E-state index in [1.165, 1.54) is 0 Å². The maximum Gasteiger partial charge on any atom is 0.355 e. The first-order valence-electron chi connectivity index (χ1n) is 7.10. The molecule has 2 rings (SSSR count). The summed E-state index contributed by atoms with van der Waals surface area (Å²) < 4.78 is 4.85. The summed E-state index contributed by atoms with van der Waals surface area (Å²) in [4.78, 5) is 27.4. The first-order valence-corrected chi connectivity index (χ1v) is 7.48. The second kappa shape index (κ2) is 7.87. The van der Waals surface area contributed by atoms with E-state index in [-0.39, 0.29) is 11.7 Å². The number of nitrogens with one attached hydrogen (secondary N) is 2. The lowest BCUT2D eigenvalue weighted by Gasteiger charge is -1.99. The molecule has 126 valence electrons. The van der Waals surface area contributed by atoms with Crippen LogP contribution in [0, 0.1) is 27.7 Å². The number of esters is 1. The van der Waals surface area contributed by atoms with Gasteiger partial charge in [0, 0.05) is 17.0 Å². The molecule has 0 bridgehead atoms. The number of aromatic carboxylic acids is 1. The Hall–Kier alpha value is -2.21. The van der Waals surface area contributed by atoms with E-state index in [4.69, 9.17) is 21.4 Å². The van der Waals surface area contributed by atoms with Crippen LogP contribution in [0.1, 0.15) is 50.4 Å². The average molecular weight is 341 g/mol. The highest BCUT2D eigenvalue weighted by atomic mass is 35.5. The first-order chi connectivity index (χ1) is 10.7. The molecule has 0 amide bonds. The zero-order valence-electron chi connectivity index (χ0n) is 13.8. The molecule has 0 atom stereocenters. The van der Waals surface area contributed by atoms with E-state index in [1.807, 2.05) is 19.9 Å². The van der Waals surface area contributed by atoms with Gasteiger partial charge in [-0.3, -0.25) is 0 Å². The van der Waals surface area contributed by atoms with Crippen LogP contribution in [-0.2, 0) is 4.74 Å². The van der Waals surface area contributed by atoms with Crippen molar-refractivity contribution in [2.75, 3.05) is 6.61 Å². The highest BCUT2D eigenvalue weighted by Gasteiger charge is 2.16. The molecule has 0 aromatic carbocycles. The Morgan fingerprint density at radius 1 is 1.17 bits per heavy atom. The van der Waals surface area contributed by atoms with Crippen molar-refractivity contribution in [2.45, 2.75) is 34.6 Å². The number of carboxylic acids is 1. The number of H-pyrrole nitrogens is 2. The fourth-order valence-electron chi connectivity index (χ4n) is 2.09. The molecular formula is C16H21ClN2O4. The van der Waals surface area contributed by atoms with Crippen LogP contribution >= 0.6 is 11.6 Å². The maximum absolute atomic E-state index is 11.3. The van der Waals surface area contributed by atoms with Gasteiger partial charge in [0.1, 0.15) is 11.4 Å². The number of hydrogen-bond donors (Lipinski definition) is 3. The fraction of sp³-hybridized carbons (Fsp3) is 0.375. The number of carbonyl (C=O) groups is 2. The molecule has 23 heavy (non-hydrogen) atoms. The average Bonchev–Trinajstić information content (AvgIpc) is 2.94. The van der Waals surface area contributed by atoms with Gasteiger partial charge in [0.25, 0.3) is 0 Å². The molecule has 0 aliphatic heterocycles. The molecule has 0 saturated heterocycles. The molecule has 0 aliphatic carbocycles. The molecule has 0 saturated carbocycles. The van der Waals surface area contributed by atoms with Crippen LogP contribution in [0.3, 0.4) is 0 Å². The molecule has 3 N–H and O–H groups in total. The molecular weight excluding hydrogens is 320 g/mol. The third kappa shape index (κ3) is 4.63. The molecule has 2 aromatic heterocycles. The predicted molar refractivity (Wildman–Crippen MR) is 88.5 cm³/mol. The zero-order valence-corrected chi connectivity index (χ0v) is 14.6. The van der Waals surface area contributed by atoms with Crippen molar-refractivity contribution < 1.29 is 19.4 Å². The number of rotatable bonds is 3. The Morgan fingerprint density at radius 2 is 1.78 bits per heavy atom. The van der Waals surface area contributed by atoms with E-state index in [9.17, 15) is 9.59 Å². The van der Waals surface area contributed by atoms with E-state index in [2.05, 4.69) is 9.97 Å². The smallest absolute Gasteiger partial charge is 0.355 e. The van der Waals surface area contributed by atoms with Crippen LogP contribution in [0.25, 0.3) is 0 Å². The van der Waals surface area contributed by atoms with E-state index in [0.717, 1.165) is 22.5 Å². The summed E-state index contributed by atoms with van der Waals surface area (Å²) in [5, 5.41) is 9.15. The summed E-state index contributed by atoms with van der Waals surface area (Å²) in [5.74, 6) is -1.25. The van der Waals surface area contributed by atoms with Crippen LogP contribution in [-0.4, -0.2) is 33.6 Å². The number of aromatic amines is 2. The van der Waals surface area contributed by atoms with E-state index in [0.29, 0.717) is 17.3 Å². The molecule has 6 nitrogen and oxygen atoms in total. The number of carbonyl (C=O) groups excluding carboxylic acids is 1. The van der Waals surface area contributed by atoms with Crippen LogP contribution in [0.2, 0.25) is 5.02 Å². The summed E-state index contributed by atoms with van der Waals surface area (Å²) in [7, 11) is 0. The monoisotopic (exact) mass is 340 g/mol. The van der Waals surface area contributed by atoms with Crippen LogP contribution in [0.5, 0.6) is 0 Å². The molecule has 0 fully saturated rings. The standard InChI is InChI=1S/C9H12ClNO2.C7H9NO2/c1-4-13-9(12)8-5(2)7(10)6(3)11-8;1-4-3-5(2)8-6(4)7(9)10/h11H,4H2,1-3H3;3,8H,1-2H3,(H,9,10). The van der Waals surface area contributed by atoms with Gasteiger partial charge in [-0.25, -0.2) is 9.59 Å². The minimum absolute atomic E-state index is 0.289. The second-order valence-electron chi connectivity index (χ2n) is 5.10. The predicted octanol–water partition coefficient (Wildman–Crippen LogP) is 3.79. The van der Waals surface area contributed by atoms with Gasteiger partial charge < -0.3 is 19.8 Å². The molecule has 0 unspecified atom stereocenters. The Morgan fingerprint density at radius 3 is 2.09 bits per heavy atom. The Bertz CT molecular complexity index is 716. The highest BCUT2D eigenvalue weighted by Crippen LogP contribution is 2.23. The fourth-order valence-corrected chi connectivity index (χ4v) is 2.23. The first kappa shape index (κ1) is 18.8. The minimum atomic E-state index is -0.898. The van der Waals surface area contributed by atoms with Gasteiger partial charge >= 0.3 is 11.9 Å². The normalized spacial score (nSPS) is 10.0. The second-order valence-corrected chi connectivity index (χ2v) is 5.48. The van der Waals surface area contributed by atoms with Crippen molar-refractivity contribution in [1.29, 1.82) is 0 Å². The van der Waals surface area contributed by atoms with Gasteiger partial charge in [-0.05, 0) is 46.2 Å². The van der Waals surface area contributed by atoms with Crippen molar-refractivity contribution in [1.82, 2.24) is 9.97 Å². The third-order valence-electron chi connectivity index (χ3n) is 3.19. The number of ether oxygens (including phenoxy) is 1. The van der Waals surface area contributed by atoms with Crippen molar-refractivity contribution >= 4 is 23.5 Å². The number of hydrogen-bond acceptors (Lipinski definition) is 3. The number of aromatic nitrogens is 2. The Balaban J connectivity index is 0.000000238. The highest BCUT2D eigenvalue weighted by molar-refractivity contribution is 6.32. The quantitative estimate of drug-likeness (QED) is 0.741. The van der Waals surface area contributed by atoms with Gasteiger partial charge in [0.05, 0.1) is 11.6 Å². The van der Waals surface area contributed by atoms with Crippen molar-refractivity contribution in [3.05, 3.63) is 45.0 Å².